The second-order valence-electron chi connectivity index (χ2n) is 7.10. The number of fused-ring (bicyclic) bond motifs is 1. The molecule has 0 saturated heterocycles. The summed E-state index contributed by atoms with van der Waals surface area (Å²) in [5.41, 5.74) is 8.39. The van der Waals surface area contributed by atoms with Crippen LogP contribution in [0.4, 0.5) is 0 Å². The van der Waals surface area contributed by atoms with Crippen LogP contribution in [0.5, 0.6) is 0 Å². The van der Waals surface area contributed by atoms with Gasteiger partial charge in [0, 0.05) is 0 Å². The van der Waals surface area contributed by atoms with Gasteiger partial charge in [-0.25, -0.2) is 4.98 Å². The van der Waals surface area contributed by atoms with Gasteiger partial charge in [0.15, 0.2) is 5.57 Å². The first-order valence-electron chi connectivity index (χ1n) is 8.89. The molecule has 134 valence electrons. The number of nitrogens with zero attached hydrogens (tertiary/aromatic N) is 3. The normalized spacial score (nSPS) is 11.6. The van der Waals surface area contributed by atoms with Gasteiger partial charge < -0.3 is 0 Å². The molecule has 4 heteroatoms. The third kappa shape index (κ3) is 3.50. The van der Waals surface area contributed by atoms with Crippen molar-refractivity contribution in [3.63, 3.8) is 0 Å². The number of thiazole rings is 1. The van der Waals surface area contributed by atoms with E-state index >= 15 is 0 Å². The van der Waals surface area contributed by atoms with Gasteiger partial charge in [0.2, 0.25) is 0 Å². The highest BCUT2D eigenvalue weighted by molar-refractivity contribution is 7.07. The van der Waals surface area contributed by atoms with Gasteiger partial charge in [0.05, 0.1) is 10.2 Å². The van der Waals surface area contributed by atoms with Crippen molar-refractivity contribution >= 4 is 23.0 Å². The minimum atomic E-state index is 0.0652. The zero-order valence-electron chi connectivity index (χ0n) is 16.2. The van der Waals surface area contributed by atoms with E-state index in [-0.39, 0.29) is 5.57 Å². The fourth-order valence-corrected chi connectivity index (χ4v) is 4.23. The van der Waals surface area contributed by atoms with Crippen molar-refractivity contribution in [3.05, 3.63) is 61.4 Å². The van der Waals surface area contributed by atoms with Crippen molar-refractivity contribution in [2.24, 2.45) is 0 Å². The molecule has 3 nitrogen and oxygen atoms in total. The minimum absolute atomic E-state index is 0.0652. The summed E-state index contributed by atoms with van der Waals surface area (Å²) < 4.78 is 1.47. The maximum absolute atomic E-state index is 9.10. The fourth-order valence-electron chi connectivity index (χ4n) is 3.27. The lowest BCUT2D eigenvalue weighted by Crippen LogP contribution is -2.01. The van der Waals surface area contributed by atoms with Gasteiger partial charge in [0.25, 0.3) is 0 Å². The highest BCUT2D eigenvalue weighted by Gasteiger charge is 2.15. The van der Waals surface area contributed by atoms with E-state index in [1.165, 1.54) is 39.2 Å². The molecule has 0 unspecified atom stereocenters. The molecule has 0 aromatic carbocycles. The molecule has 0 amide bonds. The van der Waals surface area contributed by atoms with Crippen LogP contribution in [0.25, 0.3) is 22.8 Å². The molecule has 0 spiro atoms. The number of nitriles is 2. The molecule has 0 aliphatic heterocycles. The maximum Gasteiger partial charge on any atom is 0.165 e. The average molecular weight is 372 g/mol. The zero-order valence-corrected chi connectivity index (χ0v) is 17.0. The predicted octanol–water partition coefficient (Wildman–Crippen LogP) is 4.32. The zero-order chi connectivity index (χ0) is 19.7. The molecular weight excluding hydrogens is 350 g/mol. The number of aromatic nitrogens is 1. The highest BCUT2D eigenvalue weighted by atomic mass is 32.1. The molecule has 0 radical (unpaired) electrons. The van der Waals surface area contributed by atoms with Gasteiger partial charge >= 0.3 is 0 Å². The van der Waals surface area contributed by atoms with Crippen LogP contribution < -0.4 is 9.20 Å². The van der Waals surface area contributed by atoms with E-state index in [2.05, 4.69) is 63.0 Å². The van der Waals surface area contributed by atoms with Crippen LogP contribution in [0.15, 0.2) is 24.3 Å². The van der Waals surface area contributed by atoms with Crippen LogP contribution in [-0.2, 0) is 0 Å². The molecule has 1 heterocycles. The summed E-state index contributed by atoms with van der Waals surface area (Å²) >= 11 is 1.39. The van der Waals surface area contributed by atoms with Crippen LogP contribution >= 0.6 is 11.3 Å². The topological polar surface area (TPSA) is 60.5 Å². The summed E-state index contributed by atoms with van der Waals surface area (Å²) in [6.07, 6.45) is 2.13. The van der Waals surface area contributed by atoms with E-state index in [1.807, 2.05) is 19.1 Å². The maximum atomic E-state index is 9.10. The smallest absolute Gasteiger partial charge is 0.165 e. The SMILES string of the molecule is Cc1cc(/C=c2/sc(=C(C#N)C#N)nc2C)c2c(C)ccc(C(C)C)cc1-2. The molecule has 0 atom stereocenters. The second-order valence-corrected chi connectivity index (χ2v) is 8.13. The number of aryl methyl sites for hydroxylation is 3. The van der Waals surface area contributed by atoms with Crippen molar-refractivity contribution in [2.75, 3.05) is 0 Å². The molecule has 0 N–H and O–H groups in total. The summed E-state index contributed by atoms with van der Waals surface area (Å²) in [6, 6.07) is 12.8. The second kappa shape index (κ2) is 7.35. The summed E-state index contributed by atoms with van der Waals surface area (Å²) in [5.74, 6) is 0.471. The quantitative estimate of drug-likeness (QED) is 0.674. The third-order valence-corrected chi connectivity index (χ3v) is 5.93. The Bertz CT molecular complexity index is 1180. The Morgan fingerprint density at radius 2 is 1.78 bits per heavy atom. The monoisotopic (exact) mass is 371 g/mol. The lowest BCUT2D eigenvalue weighted by atomic mass is 10.0. The van der Waals surface area contributed by atoms with E-state index in [0.717, 1.165) is 15.8 Å². The molecule has 0 bridgehead atoms. The fraction of sp³-hybridized carbons (Fsp3) is 0.261. The van der Waals surface area contributed by atoms with Gasteiger partial charge in [-0.05, 0) is 66.1 Å². The molecule has 0 fully saturated rings. The van der Waals surface area contributed by atoms with E-state index in [0.29, 0.717) is 10.6 Å². The molecule has 27 heavy (non-hydrogen) atoms. The Balaban J connectivity index is 2.28. The predicted molar refractivity (Wildman–Crippen MR) is 111 cm³/mol. The molecule has 0 saturated carbocycles. The van der Waals surface area contributed by atoms with Crippen molar-refractivity contribution in [3.8, 4) is 23.3 Å². The Labute approximate surface area is 163 Å². The Morgan fingerprint density at radius 1 is 1.07 bits per heavy atom. The number of hydrogen-bond acceptors (Lipinski definition) is 4. The van der Waals surface area contributed by atoms with Gasteiger partial charge in [-0.2, -0.15) is 10.5 Å². The van der Waals surface area contributed by atoms with Crippen LogP contribution in [0.1, 0.15) is 47.7 Å². The lowest BCUT2D eigenvalue weighted by Gasteiger charge is -2.04. The highest BCUT2D eigenvalue weighted by Crippen LogP contribution is 2.36. The first-order chi connectivity index (χ1) is 12.8. The summed E-state index contributed by atoms with van der Waals surface area (Å²) in [6.45, 7) is 10.6. The van der Waals surface area contributed by atoms with Crippen LogP contribution in [0.3, 0.4) is 0 Å². The Hall–Kier alpha value is -2.95. The van der Waals surface area contributed by atoms with E-state index in [1.54, 1.807) is 0 Å². The Morgan fingerprint density at radius 3 is 2.41 bits per heavy atom. The standard InChI is InChI=1S/C23H21N3S/c1-13(2)17-7-6-14(3)22-18(8-15(4)20(22)9-17)10-21-16(5)26-23(27-21)19(11-24)12-25/h6-10,13H,1-5H3/b21-10+. The van der Waals surface area contributed by atoms with Crippen LogP contribution in [-0.4, -0.2) is 4.98 Å². The van der Waals surface area contributed by atoms with Crippen molar-refractivity contribution in [2.45, 2.75) is 40.5 Å². The summed E-state index contributed by atoms with van der Waals surface area (Å²) in [4.78, 5) is 4.41. The molecular formula is C23H21N3S. The minimum Gasteiger partial charge on any atom is -0.239 e. The molecule has 2 aliphatic rings. The van der Waals surface area contributed by atoms with Crippen molar-refractivity contribution < 1.29 is 0 Å². The average Bonchev–Trinajstić information content (AvgIpc) is 3.05. The van der Waals surface area contributed by atoms with E-state index < -0.39 is 0 Å². The largest absolute Gasteiger partial charge is 0.239 e. The van der Waals surface area contributed by atoms with Gasteiger partial charge in [-0.3, -0.25) is 0 Å². The van der Waals surface area contributed by atoms with Crippen molar-refractivity contribution in [1.82, 2.24) is 4.98 Å². The molecule has 1 aromatic rings. The molecule has 1 aromatic heterocycles. The van der Waals surface area contributed by atoms with Crippen molar-refractivity contribution in [1.29, 1.82) is 10.5 Å². The van der Waals surface area contributed by atoms with Gasteiger partial charge in [-0.1, -0.05) is 38.1 Å². The number of hydrogen-bond donors (Lipinski definition) is 0. The third-order valence-electron chi connectivity index (χ3n) is 4.81. The number of rotatable bonds is 2. The van der Waals surface area contributed by atoms with Crippen LogP contribution in [0, 0.1) is 43.4 Å². The van der Waals surface area contributed by atoms with E-state index in [9.17, 15) is 0 Å². The molecule has 2 aliphatic carbocycles. The lowest BCUT2D eigenvalue weighted by molar-refractivity contribution is 0.868. The molecule has 3 rings (SSSR count). The van der Waals surface area contributed by atoms with E-state index in [4.69, 9.17) is 10.5 Å². The Kier molecular flexibility index (Phi) is 5.13. The summed E-state index contributed by atoms with van der Waals surface area (Å²) in [5, 5.41) is 18.2. The van der Waals surface area contributed by atoms with Gasteiger partial charge in [-0.15, -0.1) is 11.3 Å². The van der Waals surface area contributed by atoms with Crippen LogP contribution in [0.2, 0.25) is 0 Å². The first kappa shape index (κ1) is 18.8. The summed E-state index contributed by atoms with van der Waals surface area (Å²) in [7, 11) is 0. The van der Waals surface area contributed by atoms with Gasteiger partial charge in [0.1, 0.15) is 16.8 Å². The first-order valence-corrected chi connectivity index (χ1v) is 9.71.